The lowest BCUT2D eigenvalue weighted by molar-refractivity contribution is 0.0955. The Morgan fingerprint density at radius 1 is 1.27 bits per heavy atom. The molecule has 154 valence electrons. The fourth-order valence-corrected chi connectivity index (χ4v) is 3.48. The fourth-order valence-electron chi connectivity index (χ4n) is 3.33. The number of amides is 1. The molecular formula is C21H23N7OS. The van der Waals surface area contributed by atoms with Crippen LogP contribution in [0.3, 0.4) is 0 Å². The molecular weight excluding hydrogens is 398 g/mol. The van der Waals surface area contributed by atoms with Crippen LogP contribution in [-0.4, -0.2) is 42.0 Å². The average Bonchev–Trinajstić information content (AvgIpc) is 3.32. The first-order valence-electron chi connectivity index (χ1n) is 9.78. The van der Waals surface area contributed by atoms with Crippen molar-refractivity contribution in [1.29, 1.82) is 0 Å². The van der Waals surface area contributed by atoms with E-state index in [4.69, 9.17) is 17.2 Å². The summed E-state index contributed by atoms with van der Waals surface area (Å²) in [5, 5.41) is 15.1. The Bertz CT molecular complexity index is 1250. The van der Waals surface area contributed by atoms with Crippen LogP contribution in [0, 0.1) is 4.77 Å². The minimum absolute atomic E-state index is 0.129. The maximum Gasteiger partial charge on any atom is 0.252 e. The zero-order chi connectivity index (χ0) is 21.3. The lowest BCUT2D eigenvalue weighted by atomic mass is 10.1. The van der Waals surface area contributed by atoms with Gasteiger partial charge in [0.05, 0.1) is 22.8 Å². The van der Waals surface area contributed by atoms with Gasteiger partial charge in [-0.05, 0) is 32.1 Å². The van der Waals surface area contributed by atoms with Crippen LogP contribution in [0.15, 0.2) is 42.6 Å². The van der Waals surface area contributed by atoms with Crippen molar-refractivity contribution in [3.05, 3.63) is 58.8 Å². The Kier molecular flexibility index (Phi) is 5.45. The number of benzene rings is 1. The third kappa shape index (κ3) is 3.76. The van der Waals surface area contributed by atoms with Gasteiger partial charge in [-0.15, -0.1) is 0 Å². The molecule has 3 heterocycles. The molecule has 0 saturated heterocycles. The Balaban J connectivity index is 1.67. The highest BCUT2D eigenvalue weighted by molar-refractivity contribution is 7.71. The largest absolute Gasteiger partial charge is 0.352 e. The van der Waals surface area contributed by atoms with E-state index in [1.165, 1.54) is 0 Å². The molecule has 0 aliphatic heterocycles. The summed E-state index contributed by atoms with van der Waals surface area (Å²) in [6.07, 6.45) is 2.28. The number of H-pyrrole nitrogens is 1. The number of nitrogens with zero attached hydrogens (tertiary/aromatic N) is 5. The molecule has 0 fully saturated rings. The van der Waals surface area contributed by atoms with Crippen molar-refractivity contribution in [3.63, 3.8) is 0 Å². The minimum Gasteiger partial charge on any atom is -0.352 e. The molecule has 0 spiro atoms. The molecule has 4 aromatic rings. The van der Waals surface area contributed by atoms with E-state index >= 15 is 0 Å². The van der Waals surface area contributed by atoms with Crippen LogP contribution in [0.4, 0.5) is 0 Å². The number of carbonyl (C=O) groups excluding carboxylic acids is 1. The van der Waals surface area contributed by atoms with E-state index in [0.29, 0.717) is 28.9 Å². The monoisotopic (exact) mass is 421 g/mol. The fraction of sp³-hybridized carbons (Fsp3) is 0.286. The van der Waals surface area contributed by atoms with Crippen molar-refractivity contribution in [3.8, 4) is 11.3 Å². The van der Waals surface area contributed by atoms with Crippen molar-refractivity contribution in [1.82, 2.24) is 34.8 Å². The molecule has 2 N–H and O–H groups in total. The van der Waals surface area contributed by atoms with Crippen molar-refractivity contribution in [2.45, 2.75) is 26.3 Å². The van der Waals surface area contributed by atoms with Crippen molar-refractivity contribution in [2.24, 2.45) is 7.05 Å². The van der Waals surface area contributed by atoms with Crippen LogP contribution >= 0.6 is 12.2 Å². The Morgan fingerprint density at radius 2 is 2.03 bits per heavy atom. The minimum atomic E-state index is -0.167. The van der Waals surface area contributed by atoms with Crippen molar-refractivity contribution in [2.75, 3.05) is 6.54 Å². The van der Waals surface area contributed by atoms with Gasteiger partial charge in [0.2, 0.25) is 0 Å². The summed E-state index contributed by atoms with van der Waals surface area (Å²) in [7, 11) is 1.85. The number of hydrogen-bond acceptors (Lipinski definition) is 5. The molecule has 8 nitrogen and oxygen atoms in total. The second-order valence-electron chi connectivity index (χ2n) is 7.35. The standard InChI is InChI=1S/C21H23N7OS/c1-13(2)28-19-16(12-23-28)15(11-17(24-19)14-7-5-4-6-8-14)20(29)22-10-9-18-25-26-21(30)27(18)3/h4-8,11-13H,9-10H2,1-3H3,(H,22,29)(H,26,30). The summed E-state index contributed by atoms with van der Waals surface area (Å²) in [5.74, 6) is 0.623. The number of aromatic nitrogens is 6. The third-order valence-corrected chi connectivity index (χ3v) is 5.34. The van der Waals surface area contributed by atoms with Crippen LogP contribution in [-0.2, 0) is 13.5 Å². The number of nitrogens with one attached hydrogen (secondary N) is 2. The van der Waals surface area contributed by atoms with Crippen LogP contribution < -0.4 is 5.32 Å². The summed E-state index contributed by atoms with van der Waals surface area (Å²) in [5.41, 5.74) is 2.95. The summed E-state index contributed by atoms with van der Waals surface area (Å²) >= 11 is 5.13. The van der Waals surface area contributed by atoms with Gasteiger partial charge in [0.15, 0.2) is 10.4 Å². The molecule has 0 aliphatic rings. The normalized spacial score (nSPS) is 11.3. The number of hydrogen-bond donors (Lipinski definition) is 2. The van der Waals surface area contributed by atoms with E-state index in [9.17, 15) is 4.79 Å². The lowest BCUT2D eigenvalue weighted by Crippen LogP contribution is -2.26. The Hall–Kier alpha value is -3.33. The van der Waals surface area contributed by atoms with Gasteiger partial charge in [-0.2, -0.15) is 10.2 Å². The molecule has 0 bridgehead atoms. The smallest absolute Gasteiger partial charge is 0.252 e. The second kappa shape index (κ2) is 8.19. The van der Waals surface area contributed by atoms with E-state index in [1.807, 2.05) is 62.0 Å². The van der Waals surface area contributed by atoms with Crippen LogP contribution in [0.2, 0.25) is 0 Å². The van der Waals surface area contributed by atoms with Gasteiger partial charge in [-0.3, -0.25) is 9.89 Å². The molecule has 1 aromatic carbocycles. The maximum atomic E-state index is 13.1. The first-order valence-corrected chi connectivity index (χ1v) is 10.2. The SMILES string of the molecule is CC(C)n1ncc2c(C(=O)NCCc3n[nH]c(=S)n3C)cc(-c3ccccc3)nc21. The highest BCUT2D eigenvalue weighted by Crippen LogP contribution is 2.26. The summed E-state index contributed by atoms with van der Waals surface area (Å²) < 4.78 is 4.19. The zero-order valence-corrected chi connectivity index (χ0v) is 17.9. The predicted molar refractivity (Wildman–Crippen MR) is 118 cm³/mol. The summed E-state index contributed by atoms with van der Waals surface area (Å²) in [4.78, 5) is 17.9. The van der Waals surface area contributed by atoms with Gasteiger partial charge in [-0.25, -0.2) is 9.67 Å². The highest BCUT2D eigenvalue weighted by Gasteiger charge is 2.18. The Morgan fingerprint density at radius 3 is 2.70 bits per heavy atom. The van der Waals surface area contributed by atoms with Gasteiger partial charge in [-0.1, -0.05) is 30.3 Å². The summed E-state index contributed by atoms with van der Waals surface area (Å²) in [6.45, 7) is 4.52. The lowest BCUT2D eigenvalue weighted by Gasteiger charge is -2.11. The molecule has 0 aliphatic carbocycles. The number of carbonyl (C=O) groups is 1. The van der Waals surface area contributed by atoms with Gasteiger partial charge in [0.1, 0.15) is 5.82 Å². The molecule has 3 aromatic heterocycles. The van der Waals surface area contributed by atoms with E-state index in [0.717, 1.165) is 22.5 Å². The van der Waals surface area contributed by atoms with Crippen molar-refractivity contribution >= 4 is 29.2 Å². The van der Waals surface area contributed by atoms with E-state index in [2.05, 4.69) is 20.6 Å². The van der Waals surface area contributed by atoms with Gasteiger partial charge in [0, 0.05) is 31.6 Å². The van der Waals surface area contributed by atoms with Crippen molar-refractivity contribution < 1.29 is 4.79 Å². The van der Waals surface area contributed by atoms with Gasteiger partial charge < -0.3 is 9.88 Å². The number of rotatable bonds is 6. The molecule has 4 rings (SSSR count). The van der Waals surface area contributed by atoms with Gasteiger partial charge >= 0.3 is 0 Å². The molecule has 0 saturated carbocycles. The highest BCUT2D eigenvalue weighted by atomic mass is 32.1. The van der Waals surface area contributed by atoms with E-state index in [1.54, 1.807) is 10.8 Å². The predicted octanol–water partition coefficient (Wildman–Crippen LogP) is 3.44. The Labute approximate surface area is 179 Å². The first kappa shape index (κ1) is 20.0. The molecule has 0 atom stereocenters. The quantitative estimate of drug-likeness (QED) is 0.465. The first-order chi connectivity index (χ1) is 14.5. The third-order valence-electron chi connectivity index (χ3n) is 4.98. The molecule has 9 heteroatoms. The number of aromatic amines is 1. The van der Waals surface area contributed by atoms with E-state index < -0.39 is 0 Å². The van der Waals surface area contributed by atoms with Crippen LogP contribution in [0.5, 0.6) is 0 Å². The van der Waals surface area contributed by atoms with Gasteiger partial charge in [0.25, 0.3) is 5.91 Å². The second-order valence-corrected chi connectivity index (χ2v) is 7.74. The number of fused-ring (bicyclic) bond motifs is 1. The number of pyridine rings is 1. The van der Waals surface area contributed by atoms with Crippen LogP contribution in [0.1, 0.15) is 36.1 Å². The molecule has 30 heavy (non-hydrogen) atoms. The molecule has 0 radical (unpaired) electrons. The maximum absolute atomic E-state index is 13.1. The van der Waals surface area contributed by atoms with Crippen LogP contribution in [0.25, 0.3) is 22.3 Å². The summed E-state index contributed by atoms with van der Waals surface area (Å²) in [6, 6.07) is 11.8. The molecule has 0 unspecified atom stereocenters. The average molecular weight is 422 g/mol. The van der Waals surface area contributed by atoms with E-state index in [-0.39, 0.29) is 11.9 Å². The topological polar surface area (TPSA) is 93.4 Å². The zero-order valence-electron chi connectivity index (χ0n) is 17.1. The molecule has 1 amide bonds.